The number of nitrogens with zero attached hydrogens (tertiary/aromatic N) is 1. The normalized spacial score (nSPS) is 11.5. The number of hydrogen-bond acceptors (Lipinski definition) is 3. The molecule has 0 atom stereocenters. The number of ketones is 1. The number of carbonyl (C=O) groups excluding carboxylic acids is 2. The summed E-state index contributed by atoms with van der Waals surface area (Å²) in [5.41, 5.74) is 7.52. The van der Waals surface area contributed by atoms with E-state index in [0.717, 1.165) is 7.28 Å². The first-order valence-corrected chi connectivity index (χ1v) is 9.54. The van der Waals surface area contributed by atoms with E-state index in [1.54, 1.807) is 0 Å². The zero-order valence-electron chi connectivity index (χ0n) is 16.0. The van der Waals surface area contributed by atoms with Crippen molar-refractivity contribution in [1.29, 1.82) is 0 Å². The van der Waals surface area contributed by atoms with E-state index in [1.165, 1.54) is 36.8 Å². The topological polar surface area (TPSA) is 63.4 Å². The van der Waals surface area contributed by atoms with Gasteiger partial charge in [0.25, 0.3) is 5.91 Å². The number of allylic oxidation sites excluding steroid dienone is 1. The number of benzene rings is 2. The molecule has 0 aliphatic rings. The van der Waals surface area contributed by atoms with Gasteiger partial charge in [-0.05, 0) is 6.92 Å². The Kier molecular flexibility index (Phi) is 9.60. The number of amides is 1. The summed E-state index contributed by atoms with van der Waals surface area (Å²) in [6.07, 6.45) is 0. The van der Waals surface area contributed by atoms with Crippen molar-refractivity contribution in [3.63, 3.8) is 0 Å². The first-order valence-electron chi connectivity index (χ1n) is 8.41. The van der Waals surface area contributed by atoms with E-state index in [9.17, 15) is 9.59 Å². The molecule has 4 nitrogen and oxygen atoms in total. The Labute approximate surface area is 181 Å². The molecule has 0 bridgehead atoms. The highest BCUT2D eigenvalue weighted by Gasteiger charge is 2.32. The van der Waals surface area contributed by atoms with Crippen molar-refractivity contribution in [2.45, 2.75) is 10.7 Å². The fourth-order valence-corrected chi connectivity index (χ4v) is 2.53. The minimum Gasteiger partial charge on any atom is -0.398 e. The number of alkyl halides is 3. The van der Waals surface area contributed by atoms with Crippen LogP contribution in [0.25, 0.3) is 0 Å². The molecule has 0 saturated carbocycles. The molecule has 2 N–H and O–H groups in total. The second kappa shape index (κ2) is 11.2. The zero-order valence-corrected chi connectivity index (χ0v) is 18.2. The highest BCUT2D eigenvalue weighted by Crippen LogP contribution is 2.33. The number of halogens is 3. The first-order chi connectivity index (χ1) is 13.0. The van der Waals surface area contributed by atoms with Gasteiger partial charge in [-0.25, -0.2) is 0 Å². The number of carbonyl (C=O) groups is 2. The van der Waals surface area contributed by atoms with Gasteiger partial charge in [0.1, 0.15) is 5.57 Å². The van der Waals surface area contributed by atoms with Crippen molar-refractivity contribution in [2.24, 2.45) is 5.73 Å². The molecule has 1 amide bonds. The maximum atomic E-state index is 11.6. The van der Waals surface area contributed by atoms with E-state index in [1.807, 2.05) is 0 Å². The summed E-state index contributed by atoms with van der Waals surface area (Å²) < 4.78 is -1.97. The van der Waals surface area contributed by atoms with Gasteiger partial charge in [-0.3, -0.25) is 9.59 Å². The van der Waals surface area contributed by atoms with Crippen LogP contribution in [0.3, 0.4) is 0 Å². The largest absolute Gasteiger partial charge is 0.398 e. The Morgan fingerprint density at radius 2 is 1.29 bits per heavy atom. The van der Waals surface area contributed by atoms with Gasteiger partial charge in [-0.15, -0.1) is 0 Å². The SMILES string of the molecule is B(c1ccccc1)c1ccccc1.CC(=O)/C(C(=O)N(C)C)=C(/N)C(Cl)(Cl)Cl. The van der Waals surface area contributed by atoms with Crippen molar-refractivity contribution in [2.75, 3.05) is 14.1 Å². The number of hydrogen-bond donors (Lipinski definition) is 1. The van der Waals surface area contributed by atoms with Crippen LogP contribution < -0.4 is 16.7 Å². The van der Waals surface area contributed by atoms with E-state index in [-0.39, 0.29) is 11.3 Å². The van der Waals surface area contributed by atoms with Crippen molar-refractivity contribution >= 4 is 64.7 Å². The van der Waals surface area contributed by atoms with Crippen LogP contribution in [0.5, 0.6) is 0 Å². The van der Waals surface area contributed by atoms with Crippen LogP contribution in [0.4, 0.5) is 0 Å². The third-order valence-corrected chi connectivity index (χ3v) is 4.25. The highest BCUT2D eigenvalue weighted by molar-refractivity contribution is 6.69. The molecule has 0 aromatic heterocycles. The molecule has 0 saturated heterocycles. The smallest absolute Gasteiger partial charge is 0.258 e. The van der Waals surface area contributed by atoms with Gasteiger partial charge in [0.2, 0.25) is 3.79 Å². The van der Waals surface area contributed by atoms with Gasteiger partial charge in [0.15, 0.2) is 13.1 Å². The third-order valence-electron chi connectivity index (χ3n) is 3.64. The monoisotopic (exact) mass is 438 g/mol. The molecule has 0 fully saturated rings. The van der Waals surface area contributed by atoms with Crippen LogP contribution in [0.2, 0.25) is 0 Å². The summed E-state index contributed by atoms with van der Waals surface area (Å²) in [6.45, 7) is 1.18. The Morgan fingerprint density at radius 3 is 1.57 bits per heavy atom. The number of nitrogens with two attached hydrogens (primary N) is 1. The van der Waals surface area contributed by atoms with Gasteiger partial charge in [0.05, 0.1) is 5.70 Å². The Morgan fingerprint density at radius 1 is 0.893 bits per heavy atom. The first kappa shape index (κ1) is 24.1. The second-order valence-electron chi connectivity index (χ2n) is 6.19. The minimum absolute atomic E-state index is 0.306. The van der Waals surface area contributed by atoms with Crippen molar-refractivity contribution in [1.82, 2.24) is 4.90 Å². The number of likely N-dealkylation sites (N-methyl/N-ethyl adjacent to an activating group) is 1. The minimum atomic E-state index is -1.97. The van der Waals surface area contributed by atoms with E-state index < -0.39 is 15.5 Å². The molecule has 148 valence electrons. The van der Waals surface area contributed by atoms with E-state index in [4.69, 9.17) is 40.5 Å². The van der Waals surface area contributed by atoms with Gasteiger partial charge in [-0.1, -0.05) is 106 Å². The summed E-state index contributed by atoms with van der Waals surface area (Å²) in [6, 6.07) is 21.1. The van der Waals surface area contributed by atoms with Gasteiger partial charge in [0, 0.05) is 14.1 Å². The molecule has 0 unspecified atom stereocenters. The van der Waals surface area contributed by atoms with Crippen LogP contribution >= 0.6 is 34.8 Å². The van der Waals surface area contributed by atoms with Crippen molar-refractivity contribution in [3.8, 4) is 0 Å². The fraction of sp³-hybridized carbons (Fsp3) is 0.200. The molecule has 8 heteroatoms. The zero-order chi connectivity index (χ0) is 21.3. The molecule has 2 rings (SSSR count). The fourth-order valence-electron chi connectivity index (χ4n) is 2.25. The molecule has 0 radical (unpaired) electrons. The van der Waals surface area contributed by atoms with Crippen molar-refractivity contribution in [3.05, 3.63) is 71.9 Å². The highest BCUT2D eigenvalue weighted by atomic mass is 35.6. The molecule has 28 heavy (non-hydrogen) atoms. The summed E-state index contributed by atoms with van der Waals surface area (Å²) in [5.74, 6) is -1.14. The maximum absolute atomic E-state index is 11.6. The average Bonchev–Trinajstić information content (AvgIpc) is 2.63. The molecule has 0 spiro atoms. The lowest BCUT2D eigenvalue weighted by Crippen LogP contribution is -2.32. The quantitative estimate of drug-likeness (QED) is 0.261. The molecule has 2 aromatic rings. The van der Waals surface area contributed by atoms with Gasteiger partial charge in [-0.2, -0.15) is 0 Å². The summed E-state index contributed by atoms with van der Waals surface area (Å²) in [4.78, 5) is 24.0. The molecular formula is C20H22BCl3N2O2. The number of Topliss-reactive ketones (excluding diaryl/α,β-unsaturated/α-hetero) is 1. The van der Waals surface area contributed by atoms with E-state index in [2.05, 4.69) is 60.7 Å². The molecule has 0 heterocycles. The standard InChI is InChI=1S/C12H11B.C8H11Cl3N2O2/c1-3-7-11(8-4-1)13-12-9-5-2-6-10-12;1-4(14)5(7(15)13(2)3)6(12)8(9,10)11/h1-10,13H;12H2,1-3H3/b;6-5-. The predicted octanol–water partition coefficient (Wildman–Crippen LogP) is 2.32. The Hall–Kier alpha value is -1.95. The van der Waals surface area contributed by atoms with Gasteiger partial charge < -0.3 is 10.6 Å². The van der Waals surface area contributed by atoms with Crippen LogP contribution in [-0.4, -0.2) is 41.8 Å². The van der Waals surface area contributed by atoms with Crippen LogP contribution in [0.1, 0.15) is 6.92 Å². The molecular weight excluding hydrogens is 417 g/mol. The average molecular weight is 440 g/mol. The summed E-state index contributed by atoms with van der Waals surface area (Å²) in [5, 5.41) is 0. The van der Waals surface area contributed by atoms with Gasteiger partial charge >= 0.3 is 0 Å². The lowest BCUT2D eigenvalue weighted by molar-refractivity contribution is -0.127. The summed E-state index contributed by atoms with van der Waals surface area (Å²) in [7, 11) is 3.97. The molecule has 0 aliphatic heterocycles. The second-order valence-corrected chi connectivity index (χ2v) is 8.47. The lowest BCUT2D eigenvalue weighted by atomic mass is 9.64. The Balaban J connectivity index is 0.000000281. The summed E-state index contributed by atoms with van der Waals surface area (Å²) >= 11 is 16.5. The lowest BCUT2D eigenvalue weighted by Gasteiger charge is -2.18. The number of rotatable bonds is 4. The van der Waals surface area contributed by atoms with Crippen LogP contribution in [-0.2, 0) is 9.59 Å². The Bertz CT molecular complexity index is 783. The maximum Gasteiger partial charge on any atom is 0.258 e. The van der Waals surface area contributed by atoms with E-state index >= 15 is 0 Å². The van der Waals surface area contributed by atoms with E-state index in [0.29, 0.717) is 0 Å². The van der Waals surface area contributed by atoms with Crippen LogP contribution in [0, 0.1) is 0 Å². The van der Waals surface area contributed by atoms with Crippen molar-refractivity contribution < 1.29 is 9.59 Å². The third kappa shape index (κ3) is 7.97. The molecule has 0 aliphatic carbocycles. The molecule has 2 aromatic carbocycles. The van der Waals surface area contributed by atoms with Crippen LogP contribution in [0.15, 0.2) is 71.9 Å². The predicted molar refractivity (Wildman–Crippen MR) is 120 cm³/mol.